The summed E-state index contributed by atoms with van der Waals surface area (Å²) in [7, 11) is -3.59. The predicted octanol–water partition coefficient (Wildman–Crippen LogP) is 3.29. The number of benzene rings is 1. The minimum absolute atomic E-state index is 0.0241. The molecule has 0 bridgehead atoms. The van der Waals surface area contributed by atoms with Gasteiger partial charge in [0.15, 0.2) is 15.6 Å². The smallest absolute Gasteiger partial charge is 0.259 e. The van der Waals surface area contributed by atoms with Gasteiger partial charge in [-0.05, 0) is 44.9 Å². The summed E-state index contributed by atoms with van der Waals surface area (Å²) >= 11 is 0. The minimum atomic E-state index is -3.59. The van der Waals surface area contributed by atoms with Gasteiger partial charge in [-0.15, -0.1) is 0 Å². The van der Waals surface area contributed by atoms with Crippen molar-refractivity contribution in [3.8, 4) is 5.88 Å². The molecule has 3 rings (SSSR count). The number of hydrogen-bond donors (Lipinski definition) is 0. The Morgan fingerprint density at radius 1 is 1.12 bits per heavy atom. The molecule has 10 heteroatoms. The van der Waals surface area contributed by atoms with Gasteiger partial charge < -0.3 is 9.64 Å². The maximum absolute atomic E-state index is 14.0. The predicted molar refractivity (Wildman–Crippen MR) is 112 cm³/mol. The summed E-state index contributed by atoms with van der Waals surface area (Å²) in [6.07, 6.45) is 2.47. The Hall–Kier alpha value is -2.88. The minimum Gasteiger partial charge on any atom is -0.474 e. The number of amides is 1. The lowest BCUT2D eigenvalue weighted by Crippen LogP contribution is -2.40. The summed E-state index contributed by atoms with van der Waals surface area (Å²) in [6, 6.07) is 4.08. The third-order valence-corrected chi connectivity index (χ3v) is 6.26. The summed E-state index contributed by atoms with van der Waals surface area (Å²) in [4.78, 5) is 31.2. The van der Waals surface area contributed by atoms with E-state index in [1.807, 2.05) is 0 Å². The second-order valence-corrected chi connectivity index (χ2v) is 10.0. The number of sulfone groups is 1. The molecule has 0 aliphatic carbocycles. The molecule has 2 aromatic rings. The molecule has 172 valence electrons. The molecule has 1 aromatic carbocycles. The highest BCUT2D eigenvalue weighted by Gasteiger charge is 2.31. The van der Waals surface area contributed by atoms with Crippen LogP contribution in [0.15, 0.2) is 35.4 Å². The second kappa shape index (κ2) is 9.32. The van der Waals surface area contributed by atoms with Gasteiger partial charge in [0.25, 0.3) is 5.91 Å². The first kappa shape index (κ1) is 23.8. The zero-order valence-corrected chi connectivity index (χ0v) is 18.8. The van der Waals surface area contributed by atoms with E-state index in [9.17, 15) is 26.8 Å². The average molecular weight is 467 g/mol. The number of nitrogens with zero attached hydrogens (tertiary/aromatic N) is 2. The zero-order chi connectivity index (χ0) is 23.6. The van der Waals surface area contributed by atoms with Crippen LogP contribution in [-0.4, -0.2) is 55.4 Å². The Labute approximate surface area is 185 Å². The maximum Gasteiger partial charge on any atom is 0.259 e. The van der Waals surface area contributed by atoms with Gasteiger partial charge in [0, 0.05) is 37.5 Å². The lowest BCUT2D eigenvalue weighted by atomic mass is 9.88. The molecule has 1 aliphatic heterocycles. The lowest BCUT2D eigenvalue weighted by Gasteiger charge is -2.31. The van der Waals surface area contributed by atoms with Crippen molar-refractivity contribution in [1.82, 2.24) is 9.88 Å². The summed E-state index contributed by atoms with van der Waals surface area (Å²) in [5.41, 5.74) is -0.148. The Balaban J connectivity index is 1.78. The van der Waals surface area contributed by atoms with E-state index in [1.165, 1.54) is 11.0 Å². The number of carbonyl (C=O) groups excluding carboxylic acids is 2. The van der Waals surface area contributed by atoms with Gasteiger partial charge in [0.1, 0.15) is 17.2 Å². The first-order valence-electron chi connectivity index (χ1n) is 10.1. The largest absolute Gasteiger partial charge is 0.474 e. The molecule has 1 aromatic heterocycles. The number of carbonyl (C=O) groups is 2. The van der Waals surface area contributed by atoms with E-state index < -0.39 is 39.1 Å². The van der Waals surface area contributed by atoms with Gasteiger partial charge in [-0.2, -0.15) is 0 Å². The van der Waals surface area contributed by atoms with Gasteiger partial charge in [-0.25, -0.2) is 22.2 Å². The second-order valence-electron chi connectivity index (χ2n) is 8.02. The fraction of sp³-hybridized carbons (Fsp3) is 0.409. The highest BCUT2D eigenvalue weighted by Crippen LogP contribution is 2.27. The lowest BCUT2D eigenvalue weighted by molar-refractivity contribution is 0.0642. The molecular weight excluding hydrogens is 442 g/mol. The van der Waals surface area contributed by atoms with Crippen LogP contribution in [0.2, 0.25) is 0 Å². The average Bonchev–Trinajstić information content (AvgIpc) is 2.72. The highest BCUT2D eigenvalue weighted by atomic mass is 32.2. The van der Waals surface area contributed by atoms with E-state index >= 15 is 0 Å². The Bertz CT molecular complexity index is 1140. The molecule has 0 atom stereocenters. The number of rotatable bonds is 6. The van der Waals surface area contributed by atoms with Crippen LogP contribution in [-0.2, 0) is 9.84 Å². The SMILES string of the molecule is CC(C)Oc1ncc(S(C)(=O)=O)cc1C(=O)N1CCC(C(=O)c2ccc(F)cc2F)CC1. The molecule has 7 nitrogen and oxygen atoms in total. The standard InChI is InChI=1S/C22H24F2N2O5S/c1-13(2)31-21-18(11-16(12-25-21)32(3,29)30)22(28)26-8-6-14(7-9-26)20(27)17-5-4-15(23)10-19(17)24/h4-5,10-14H,6-9H2,1-3H3. The first-order valence-corrected chi connectivity index (χ1v) is 12.0. The maximum atomic E-state index is 14.0. The van der Waals surface area contributed by atoms with Crippen LogP contribution in [0.1, 0.15) is 47.4 Å². The molecule has 2 heterocycles. The Kier molecular flexibility index (Phi) is 6.92. The fourth-order valence-corrected chi connectivity index (χ4v) is 4.11. The van der Waals surface area contributed by atoms with Crippen molar-refractivity contribution < 1.29 is 31.5 Å². The van der Waals surface area contributed by atoms with E-state index in [1.54, 1.807) is 13.8 Å². The van der Waals surface area contributed by atoms with Crippen LogP contribution in [0.25, 0.3) is 0 Å². The van der Waals surface area contributed by atoms with Crippen molar-refractivity contribution in [2.75, 3.05) is 19.3 Å². The molecule has 1 fully saturated rings. The van der Waals surface area contributed by atoms with Crippen LogP contribution in [0.4, 0.5) is 8.78 Å². The van der Waals surface area contributed by atoms with Crippen LogP contribution >= 0.6 is 0 Å². The molecule has 0 radical (unpaired) electrons. The number of aromatic nitrogens is 1. The van der Waals surface area contributed by atoms with Crippen molar-refractivity contribution in [1.29, 1.82) is 0 Å². The monoisotopic (exact) mass is 466 g/mol. The molecule has 1 amide bonds. The fourth-order valence-electron chi connectivity index (χ4n) is 3.53. The topological polar surface area (TPSA) is 93.6 Å². The van der Waals surface area contributed by atoms with Crippen molar-refractivity contribution in [2.45, 2.75) is 37.7 Å². The molecule has 1 saturated heterocycles. The molecule has 32 heavy (non-hydrogen) atoms. The van der Waals surface area contributed by atoms with Crippen molar-refractivity contribution >= 4 is 21.5 Å². The van der Waals surface area contributed by atoms with Gasteiger partial charge in [-0.3, -0.25) is 9.59 Å². The number of ketones is 1. The number of Topliss-reactive ketones (excluding diaryl/α,β-unsaturated/α-hetero) is 1. The number of piperidine rings is 1. The summed E-state index contributed by atoms with van der Waals surface area (Å²) in [5.74, 6) is -3.04. The van der Waals surface area contributed by atoms with Crippen molar-refractivity contribution in [3.05, 3.63) is 53.2 Å². The van der Waals surface area contributed by atoms with E-state index in [0.29, 0.717) is 18.9 Å². The number of pyridine rings is 1. The van der Waals surface area contributed by atoms with Gasteiger partial charge >= 0.3 is 0 Å². The number of hydrogen-bond acceptors (Lipinski definition) is 6. The van der Waals surface area contributed by atoms with Gasteiger partial charge in [-0.1, -0.05) is 0 Å². The highest BCUT2D eigenvalue weighted by molar-refractivity contribution is 7.90. The number of likely N-dealkylation sites (tertiary alicyclic amines) is 1. The van der Waals surface area contributed by atoms with E-state index in [4.69, 9.17) is 4.74 Å². The van der Waals surface area contributed by atoms with Crippen molar-refractivity contribution in [2.24, 2.45) is 5.92 Å². The Morgan fingerprint density at radius 2 is 1.78 bits per heavy atom. The summed E-state index contributed by atoms with van der Waals surface area (Å²) < 4.78 is 56.5. The summed E-state index contributed by atoms with van der Waals surface area (Å²) in [6.45, 7) is 3.93. The van der Waals surface area contributed by atoms with Gasteiger partial charge in [0.2, 0.25) is 5.88 Å². The first-order chi connectivity index (χ1) is 15.0. The van der Waals surface area contributed by atoms with Crippen molar-refractivity contribution in [3.63, 3.8) is 0 Å². The van der Waals surface area contributed by atoms with Crippen LogP contribution in [0.3, 0.4) is 0 Å². The molecule has 0 saturated carbocycles. The van der Waals surface area contributed by atoms with Gasteiger partial charge in [0.05, 0.1) is 16.6 Å². The summed E-state index contributed by atoms with van der Waals surface area (Å²) in [5, 5.41) is 0. The normalized spacial score (nSPS) is 15.1. The number of halogens is 2. The van der Waals surface area contributed by atoms with Crippen LogP contribution < -0.4 is 4.74 Å². The Morgan fingerprint density at radius 3 is 2.34 bits per heavy atom. The van der Waals surface area contributed by atoms with E-state index in [2.05, 4.69) is 4.98 Å². The zero-order valence-electron chi connectivity index (χ0n) is 18.0. The van der Waals surface area contributed by atoms with Crippen LogP contribution in [0.5, 0.6) is 5.88 Å². The molecule has 0 N–H and O–H groups in total. The molecule has 0 spiro atoms. The van der Waals surface area contributed by atoms with E-state index in [0.717, 1.165) is 24.6 Å². The molecular formula is C22H24F2N2O5S. The number of ether oxygens (including phenoxy) is 1. The van der Waals surface area contributed by atoms with Crippen LogP contribution in [0, 0.1) is 17.6 Å². The molecule has 1 aliphatic rings. The molecule has 0 unspecified atom stereocenters. The van der Waals surface area contributed by atoms with E-state index in [-0.39, 0.29) is 41.1 Å². The third-order valence-electron chi connectivity index (χ3n) is 5.18. The third kappa shape index (κ3) is 5.29. The quantitative estimate of drug-likeness (QED) is 0.607.